The Labute approximate surface area is 129 Å². The van der Waals surface area contributed by atoms with Crippen LogP contribution in [0.3, 0.4) is 0 Å². The highest BCUT2D eigenvalue weighted by Gasteiger charge is 2.29. The van der Waals surface area contributed by atoms with E-state index in [0.29, 0.717) is 0 Å². The van der Waals surface area contributed by atoms with E-state index in [2.05, 4.69) is 28.8 Å². The second-order valence-electron chi connectivity index (χ2n) is 5.85. The molecule has 1 fully saturated rings. The van der Waals surface area contributed by atoms with Crippen molar-refractivity contribution in [2.75, 3.05) is 6.54 Å². The highest BCUT2D eigenvalue weighted by molar-refractivity contribution is 5.88. The molecule has 0 unspecified atom stereocenters. The second kappa shape index (κ2) is 6.18. The van der Waals surface area contributed by atoms with Crippen molar-refractivity contribution in [3.05, 3.63) is 48.0 Å². The Hall–Kier alpha value is -2.36. The maximum absolute atomic E-state index is 12.0. The minimum atomic E-state index is -0.158. The first kappa shape index (κ1) is 14.6. The first-order valence-electron chi connectivity index (χ1n) is 7.70. The van der Waals surface area contributed by atoms with E-state index in [1.54, 1.807) is 0 Å². The zero-order chi connectivity index (χ0) is 15.5. The highest BCUT2D eigenvalue weighted by Crippen LogP contribution is 2.28. The number of nitrogens with one attached hydrogen (secondary N) is 2. The number of benzene rings is 2. The number of carbonyl (C=O) groups excluding carboxylic acids is 2. The molecular weight excluding hydrogens is 276 g/mol. The van der Waals surface area contributed by atoms with Gasteiger partial charge in [0.25, 0.3) is 0 Å². The van der Waals surface area contributed by atoms with Gasteiger partial charge in [-0.1, -0.05) is 42.5 Å². The average Bonchev–Trinajstić information content (AvgIpc) is 3.37. The zero-order valence-electron chi connectivity index (χ0n) is 12.6. The number of fused-ring (bicyclic) bond motifs is 1. The first-order chi connectivity index (χ1) is 10.6. The van der Waals surface area contributed by atoms with Crippen LogP contribution in [0.25, 0.3) is 10.8 Å². The van der Waals surface area contributed by atoms with E-state index < -0.39 is 0 Å². The van der Waals surface area contributed by atoms with Gasteiger partial charge in [0.1, 0.15) is 0 Å². The van der Waals surface area contributed by atoms with Crippen molar-refractivity contribution in [1.29, 1.82) is 0 Å². The van der Waals surface area contributed by atoms with Gasteiger partial charge in [0.2, 0.25) is 11.8 Å². The lowest BCUT2D eigenvalue weighted by atomic mass is 10.00. The Morgan fingerprint density at radius 3 is 2.64 bits per heavy atom. The summed E-state index contributed by atoms with van der Waals surface area (Å²) >= 11 is 0. The van der Waals surface area contributed by atoms with Crippen LogP contribution in [-0.4, -0.2) is 18.4 Å². The molecule has 114 valence electrons. The van der Waals surface area contributed by atoms with Gasteiger partial charge in [0.05, 0.1) is 12.6 Å². The number of hydrogen-bond acceptors (Lipinski definition) is 2. The number of carbonyl (C=O) groups is 2. The molecule has 0 bridgehead atoms. The van der Waals surface area contributed by atoms with Gasteiger partial charge in [-0.2, -0.15) is 0 Å². The molecule has 0 aromatic heterocycles. The van der Waals surface area contributed by atoms with Crippen LogP contribution in [0.2, 0.25) is 0 Å². The van der Waals surface area contributed by atoms with Crippen LogP contribution in [0, 0.1) is 5.92 Å². The molecule has 0 heterocycles. The molecule has 0 saturated heterocycles. The lowest BCUT2D eigenvalue weighted by Gasteiger charge is -2.17. The molecule has 1 aliphatic carbocycles. The van der Waals surface area contributed by atoms with Crippen molar-refractivity contribution in [3.8, 4) is 0 Å². The first-order valence-corrected chi connectivity index (χ1v) is 7.70. The van der Waals surface area contributed by atoms with Crippen LogP contribution in [0.4, 0.5) is 0 Å². The van der Waals surface area contributed by atoms with Crippen LogP contribution >= 0.6 is 0 Å². The minimum Gasteiger partial charge on any atom is -0.348 e. The number of hydrogen-bond donors (Lipinski definition) is 2. The van der Waals surface area contributed by atoms with Gasteiger partial charge >= 0.3 is 0 Å². The molecule has 4 nitrogen and oxygen atoms in total. The Balaban J connectivity index is 1.63. The van der Waals surface area contributed by atoms with Crippen molar-refractivity contribution >= 4 is 22.6 Å². The normalized spacial score (nSPS) is 15.3. The fraction of sp³-hybridized carbons (Fsp3) is 0.333. The van der Waals surface area contributed by atoms with Gasteiger partial charge in [-0.15, -0.1) is 0 Å². The third kappa shape index (κ3) is 3.27. The molecular formula is C18H20N2O2. The van der Waals surface area contributed by atoms with Gasteiger partial charge in [0, 0.05) is 5.92 Å². The Kier molecular flexibility index (Phi) is 4.09. The maximum Gasteiger partial charge on any atom is 0.239 e. The summed E-state index contributed by atoms with van der Waals surface area (Å²) in [7, 11) is 0. The zero-order valence-corrected chi connectivity index (χ0v) is 12.6. The predicted octanol–water partition coefficient (Wildman–Crippen LogP) is 2.54. The summed E-state index contributed by atoms with van der Waals surface area (Å²) in [4.78, 5) is 23.5. The molecule has 0 aliphatic heterocycles. The molecule has 0 radical (unpaired) electrons. The third-order valence-electron chi connectivity index (χ3n) is 4.04. The molecule has 1 saturated carbocycles. The molecule has 2 amide bonds. The predicted molar refractivity (Wildman–Crippen MR) is 86.2 cm³/mol. The van der Waals surface area contributed by atoms with Crippen LogP contribution in [0.15, 0.2) is 42.5 Å². The maximum atomic E-state index is 12.0. The largest absolute Gasteiger partial charge is 0.348 e. The lowest BCUT2D eigenvalue weighted by molar-refractivity contribution is -0.127. The topological polar surface area (TPSA) is 58.2 Å². The Morgan fingerprint density at radius 2 is 1.86 bits per heavy atom. The standard InChI is InChI=1S/C18H20N2O2/c1-12(20-17(21)11-19-18(22)14-9-10-14)15-8-4-6-13-5-2-3-7-16(13)15/h2-8,12,14H,9-11H2,1H3,(H,19,22)(H,20,21)/t12-/m0/s1. The summed E-state index contributed by atoms with van der Waals surface area (Å²) < 4.78 is 0. The number of rotatable bonds is 5. The van der Waals surface area contributed by atoms with E-state index in [4.69, 9.17) is 0 Å². The lowest BCUT2D eigenvalue weighted by Crippen LogP contribution is -2.38. The third-order valence-corrected chi connectivity index (χ3v) is 4.04. The van der Waals surface area contributed by atoms with E-state index in [-0.39, 0.29) is 30.3 Å². The van der Waals surface area contributed by atoms with Crippen molar-refractivity contribution in [1.82, 2.24) is 10.6 Å². The summed E-state index contributed by atoms with van der Waals surface area (Å²) in [6.07, 6.45) is 1.89. The second-order valence-corrected chi connectivity index (χ2v) is 5.85. The minimum absolute atomic E-state index is 0.00651. The van der Waals surface area contributed by atoms with Gasteiger partial charge in [-0.3, -0.25) is 9.59 Å². The molecule has 2 N–H and O–H groups in total. The summed E-state index contributed by atoms with van der Waals surface area (Å²) in [6.45, 7) is 2.01. The molecule has 2 aromatic carbocycles. The summed E-state index contributed by atoms with van der Waals surface area (Å²) in [5.74, 6) is -0.0364. The monoisotopic (exact) mass is 296 g/mol. The van der Waals surface area contributed by atoms with Gasteiger partial charge in [-0.25, -0.2) is 0 Å². The van der Waals surface area contributed by atoms with Crippen LogP contribution in [-0.2, 0) is 9.59 Å². The van der Waals surface area contributed by atoms with E-state index in [1.165, 1.54) is 0 Å². The smallest absolute Gasteiger partial charge is 0.239 e. The van der Waals surface area contributed by atoms with Crippen LogP contribution in [0.5, 0.6) is 0 Å². The Morgan fingerprint density at radius 1 is 1.14 bits per heavy atom. The molecule has 2 aromatic rings. The number of amides is 2. The van der Waals surface area contributed by atoms with Gasteiger partial charge in [0.15, 0.2) is 0 Å². The van der Waals surface area contributed by atoms with Crippen LogP contribution < -0.4 is 10.6 Å². The Bertz CT molecular complexity index is 702. The fourth-order valence-corrected chi connectivity index (χ4v) is 2.66. The van der Waals surface area contributed by atoms with Crippen molar-refractivity contribution < 1.29 is 9.59 Å². The molecule has 1 atom stereocenters. The SMILES string of the molecule is C[C@H](NC(=O)CNC(=O)C1CC1)c1cccc2ccccc12. The van der Waals surface area contributed by atoms with Crippen LogP contribution in [0.1, 0.15) is 31.4 Å². The summed E-state index contributed by atoms with van der Waals surface area (Å²) in [6, 6.07) is 14.1. The van der Waals surface area contributed by atoms with Gasteiger partial charge < -0.3 is 10.6 Å². The van der Waals surface area contributed by atoms with Crippen molar-refractivity contribution in [2.24, 2.45) is 5.92 Å². The van der Waals surface area contributed by atoms with Crippen molar-refractivity contribution in [3.63, 3.8) is 0 Å². The highest BCUT2D eigenvalue weighted by atomic mass is 16.2. The van der Waals surface area contributed by atoms with Crippen molar-refractivity contribution in [2.45, 2.75) is 25.8 Å². The van der Waals surface area contributed by atoms with E-state index in [9.17, 15) is 9.59 Å². The fourth-order valence-electron chi connectivity index (χ4n) is 2.66. The van der Waals surface area contributed by atoms with E-state index in [1.807, 2.05) is 31.2 Å². The summed E-state index contributed by atoms with van der Waals surface area (Å²) in [5, 5.41) is 7.93. The molecule has 22 heavy (non-hydrogen) atoms. The van der Waals surface area contributed by atoms with Gasteiger partial charge in [-0.05, 0) is 36.1 Å². The summed E-state index contributed by atoms with van der Waals surface area (Å²) in [5.41, 5.74) is 1.08. The van der Waals surface area contributed by atoms with E-state index >= 15 is 0 Å². The molecule has 0 spiro atoms. The molecule has 3 rings (SSSR count). The van der Waals surface area contributed by atoms with E-state index in [0.717, 1.165) is 29.2 Å². The molecule has 4 heteroatoms. The molecule has 1 aliphatic rings. The quantitative estimate of drug-likeness (QED) is 0.891. The average molecular weight is 296 g/mol.